The smallest absolute Gasteiger partial charge is 0.191 e. The molecule has 4 heteroatoms. The first-order valence-electron chi connectivity index (χ1n) is 5.80. The normalized spacial score (nSPS) is 13.8. The molecule has 0 spiro atoms. The number of hydrogen-bond donors (Lipinski definition) is 1. The maximum atomic E-state index is 12.2. The summed E-state index contributed by atoms with van der Waals surface area (Å²) in [5, 5.41) is 12.0. The van der Waals surface area contributed by atoms with Gasteiger partial charge >= 0.3 is 0 Å². The number of carbonyl (C=O) groups is 1. The second-order valence-corrected chi connectivity index (χ2v) is 5.97. The summed E-state index contributed by atoms with van der Waals surface area (Å²) < 4.78 is 0. The number of carbonyl (C=O) groups excluding carboxylic acids is 1. The van der Waals surface area contributed by atoms with Crippen LogP contribution in [0, 0.1) is 0 Å². The molecule has 0 aliphatic heterocycles. The number of allylic oxidation sites excluding steroid dienone is 1. The third-order valence-electron chi connectivity index (χ3n) is 3.32. The molecule has 0 bridgehead atoms. The highest BCUT2D eigenvalue weighted by Gasteiger charge is 2.24. The van der Waals surface area contributed by atoms with Crippen molar-refractivity contribution in [1.82, 2.24) is 0 Å². The molecule has 1 N–H and O–H groups in total. The van der Waals surface area contributed by atoms with E-state index in [1.54, 1.807) is 35.7 Å². The van der Waals surface area contributed by atoms with Crippen LogP contribution in [0.4, 0.5) is 0 Å². The summed E-state index contributed by atoms with van der Waals surface area (Å²) in [4.78, 5) is 14.2. The SMILES string of the molecule is CSC1=CC(=O)c2c(O)cc(SC)c3cccc1c23. The van der Waals surface area contributed by atoms with Gasteiger partial charge in [-0.2, -0.15) is 0 Å². The van der Waals surface area contributed by atoms with Crippen molar-refractivity contribution in [1.29, 1.82) is 0 Å². The van der Waals surface area contributed by atoms with Crippen LogP contribution >= 0.6 is 23.5 Å². The number of rotatable bonds is 2. The molecule has 0 amide bonds. The van der Waals surface area contributed by atoms with Gasteiger partial charge in [0.25, 0.3) is 0 Å². The molecule has 3 rings (SSSR count). The molecule has 0 radical (unpaired) electrons. The van der Waals surface area contributed by atoms with E-state index in [-0.39, 0.29) is 11.5 Å². The van der Waals surface area contributed by atoms with Crippen molar-refractivity contribution in [3.8, 4) is 5.75 Å². The zero-order valence-corrected chi connectivity index (χ0v) is 12.2. The molecule has 2 aromatic rings. The number of benzene rings is 2. The van der Waals surface area contributed by atoms with Crippen molar-refractivity contribution < 1.29 is 9.90 Å². The Morgan fingerprint density at radius 2 is 1.95 bits per heavy atom. The van der Waals surface area contributed by atoms with Crippen LogP contribution in [-0.4, -0.2) is 23.4 Å². The van der Waals surface area contributed by atoms with E-state index >= 15 is 0 Å². The molecule has 1 aliphatic rings. The first kappa shape index (κ1) is 12.6. The molecule has 2 nitrogen and oxygen atoms in total. The molecule has 0 heterocycles. The van der Waals surface area contributed by atoms with Gasteiger partial charge in [0, 0.05) is 21.3 Å². The third kappa shape index (κ3) is 1.78. The van der Waals surface area contributed by atoms with Crippen molar-refractivity contribution in [2.45, 2.75) is 4.90 Å². The van der Waals surface area contributed by atoms with Crippen molar-refractivity contribution in [2.24, 2.45) is 0 Å². The van der Waals surface area contributed by atoms with Crippen LogP contribution in [0.3, 0.4) is 0 Å². The quantitative estimate of drug-likeness (QED) is 0.842. The molecular formula is C15H12O2S2. The van der Waals surface area contributed by atoms with Gasteiger partial charge < -0.3 is 5.11 Å². The summed E-state index contributed by atoms with van der Waals surface area (Å²) in [7, 11) is 0. The molecule has 96 valence electrons. The average Bonchev–Trinajstić information content (AvgIpc) is 2.43. The summed E-state index contributed by atoms with van der Waals surface area (Å²) in [5.41, 5.74) is 1.46. The summed E-state index contributed by atoms with van der Waals surface area (Å²) in [6.07, 6.45) is 5.54. The minimum absolute atomic E-state index is 0.0747. The van der Waals surface area contributed by atoms with Crippen LogP contribution < -0.4 is 0 Å². The number of ketones is 1. The fraction of sp³-hybridized carbons (Fsp3) is 0.133. The maximum absolute atomic E-state index is 12.2. The highest BCUT2D eigenvalue weighted by atomic mass is 32.2. The molecule has 1 aliphatic carbocycles. The van der Waals surface area contributed by atoms with Crippen molar-refractivity contribution in [3.05, 3.63) is 41.5 Å². The molecule has 0 aromatic heterocycles. The number of hydrogen-bond acceptors (Lipinski definition) is 4. The Hall–Kier alpha value is -1.39. The Labute approximate surface area is 119 Å². The summed E-state index contributed by atoms with van der Waals surface area (Å²) in [6.45, 7) is 0. The summed E-state index contributed by atoms with van der Waals surface area (Å²) >= 11 is 3.13. The fourth-order valence-corrected chi connectivity index (χ4v) is 3.73. The van der Waals surface area contributed by atoms with E-state index in [9.17, 15) is 9.90 Å². The van der Waals surface area contributed by atoms with Gasteiger partial charge in [-0.3, -0.25) is 4.79 Å². The molecule has 0 fully saturated rings. The molecule has 0 unspecified atom stereocenters. The van der Waals surface area contributed by atoms with Crippen LogP contribution in [-0.2, 0) is 0 Å². The van der Waals surface area contributed by atoms with Gasteiger partial charge in [-0.25, -0.2) is 0 Å². The second kappa shape index (κ2) is 4.62. The Balaban J connectivity index is 2.52. The molecule has 2 aromatic carbocycles. The van der Waals surface area contributed by atoms with Gasteiger partial charge in [-0.05, 0) is 29.5 Å². The van der Waals surface area contributed by atoms with Gasteiger partial charge in [0.1, 0.15) is 5.75 Å². The van der Waals surface area contributed by atoms with E-state index in [2.05, 4.69) is 0 Å². The third-order valence-corrected chi connectivity index (χ3v) is 4.87. The summed E-state index contributed by atoms with van der Waals surface area (Å²) in [5.74, 6) is -0.0380. The van der Waals surface area contributed by atoms with E-state index in [1.165, 1.54) is 0 Å². The first-order valence-corrected chi connectivity index (χ1v) is 8.25. The average molecular weight is 288 g/mol. The molecular weight excluding hydrogens is 276 g/mol. The number of phenolic OH excluding ortho intramolecular Hbond substituents is 1. The van der Waals surface area contributed by atoms with Crippen LogP contribution in [0.1, 0.15) is 15.9 Å². The molecule has 0 saturated carbocycles. The number of thioether (sulfide) groups is 2. The van der Waals surface area contributed by atoms with E-state index < -0.39 is 0 Å². The number of phenols is 1. The van der Waals surface area contributed by atoms with Crippen molar-refractivity contribution in [3.63, 3.8) is 0 Å². The lowest BCUT2D eigenvalue weighted by Crippen LogP contribution is -2.05. The van der Waals surface area contributed by atoms with E-state index in [4.69, 9.17) is 0 Å². The standard InChI is InChI=1S/C15H12O2S2/c1-18-12-6-10(16)15-11(17)7-13(19-2)9-5-3-4-8(12)14(9)15/h3-7,16H,1-2H3. The van der Waals surface area contributed by atoms with Gasteiger partial charge in [-0.15, -0.1) is 23.5 Å². The van der Waals surface area contributed by atoms with E-state index in [0.717, 1.165) is 26.1 Å². The predicted molar refractivity (Wildman–Crippen MR) is 83.2 cm³/mol. The van der Waals surface area contributed by atoms with Gasteiger partial charge in [0.15, 0.2) is 5.78 Å². The van der Waals surface area contributed by atoms with Gasteiger partial charge in [-0.1, -0.05) is 18.2 Å². The first-order chi connectivity index (χ1) is 9.17. The fourth-order valence-electron chi connectivity index (χ4n) is 2.49. The van der Waals surface area contributed by atoms with Crippen LogP contribution in [0.15, 0.2) is 35.2 Å². The Bertz CT molecular complexity index is 732. The summed E-state index contributed by atoms with van der Waals surface area (Å²) in [6, 6.07) is 7.69. The topological polar surface area (TPSA) is 37.3 Å². The Morgan fingerprint density at radius 3 is 2.63 bits per heavy atom. The zero-order chi connectivity index (χ0) is 13.6. The van der Waals surface area contributed by atoms with Crippen LogP contribution in [0.25, 0.3) is 15.7 Å². The lowest BCUT2D eigenvalue weighted by Gasteiger charge is -2.19. The Kier molecular flexibility index (Phi) is 3.07. The van der Waals surface area contributed by atoms with Gasteiger partial charge in [0.05, 0.1) is 5.56 Å². The lowest BCUT2D eigenvalue weighted by molar-refractivity contribution is 0.104. The van der Waals surface area contributed by atoms with Crippen LogP contribution in [0.2, 0.25) is 0 Å². The van der Waals surface area contributed by atoms with Crippen molar-refractivity contribution >= 4 is 45.0 Å². The second-order valence-electron chi connectivity index (χ2n) is 4.28. The zero-order valence-electron chi connectivity index (χ0n) is 10.6. The van der Waals surface area contributed by atoms with Gasteiger partial charge in [0.2, 0.25) is 0 Å². The molecule has 0 saturated heterocycles. The number of aromatic hydroxyl groups is 1. The minimum Gasteiger partial charge on any atom is -0.507 e. The molecule has 0 atom stereocenters. The Morgan fingerprint density at radius 1 is 1.16 bits per heavy atom. The highest BCUT2D eigenvalue weighted by molar-refractivity contribution is 8.07. The largest absolute Gasteiger partial charge is 0.507 e. The lowest BCUT2D eigenvalue weighted by atomic mass is 9.91. The highest BCUT2D eigenvalue weighted by Crippen LogP contribution is 2.43. The van der Waals surface area contributed by atoms with E-state index in [1.807, 2.05) is 30.7 Å². The maximum Gasteiger partial charge on any atom is 0.191 e. The monoisotopic (exact) mass is 288 g/mol. The molecule has 19 heavy (non-hydrogen) atoms. The predicted octanol–water partition coefficient (Wildman–Crippen LogP) is 4.17. The minimum atomic E-state index is -0.113. The van der Waals surface area contributed by atoms with Crippen molar-refractivity contribution in [2.75, 3.05) is 12.5 Å². The van der Waals surface area contributed by atoms with E-state index in [0.29, 0.717) is 5.56 Å². The van der Waals surface area contributed by atoms with Crippen LogP contribution in [0.5, 0.6) is 5.75 Å².